The highest BCUT2D eigenvalue weighted by Crippen LogP contribution is 2.29. The Morgan fingerprint density at radius 1 is 1.10 bits per heavy atom. The lowest BCUT2D eigenvalue weighted by molar-refractivity contribution is 0.0532. The summed E-state index contributed by atoms with van der Waals surface area (Å²) in [7, 11) is -3.52. The van der Waals surface area contributed by atoms with Crippen molar-refractivity contribution < 1.29 is 13.5 Å². The summed E-state index contributed by atoms with van der Waals surface area (Å²) in [6.45, 7) is 0.117. The molecule has 1 aromatic rings. The van der Waals surface area contributed by atoms with Crippen LogP contribution in [-0.4, -0.2) is 25.7 Å². The third kappa shape index (κ3) is 2.75. The van der Waals surface area contributed by atoms with Gasteiger partial charge in [0.25, 0.3) is 0 Å². The fraction of sp³-hybridized carbons (Fsp3) is 0.600. The first-order chi connectivity index (χ1) is 9.49. The Bertz CT molecular complexity index is 604. The van der Waals surface area contributed by atoms with Crippen LogP contribution in [0.3, 0.4) is 0 Å². The zero-order valence-corrected chi connectivity index (χ0v) is 12.4. The molecule has 0 heterocycles. The average molecular weight is 295 g/mol. The maximum atomic E-state index is 12.3. The van der Waals surface area contributed by atoms with Crippen LogP contribution in [0.5, 0.6) is 0 Å². The molecule has 1 saturated carbocycles. The van der Waals surface area contributed by atoms with E-state index in [4.69, 9.17) is 0 Å². The number of benzene rings is 1. The summed E-state index contributed by atoms with van der Waals surface area (Å²) in [6.07, 6.45) is 6.41. The van der Waals surface area contributed by atoms with E-state index in [1.807, 2.05) is 6.07 Å². The molecule has 20 heavy (non-hydrogen) atoms. The number of sulfonamides is 1. The molecule has 0 saturated heterocycles. The van der Waals surface area contributed by atoms with Crippen molar-refractivity contribution in [3.05, 3.63) is 29.3 Å². The Hall–Kier alpha value is -0.910. The van der Waals surface area contributed by atoms with E-state index >= 15 is 0 Å². The van der Waals surface area contributed by atoms with Gasteiger partial charge >= 0.3 is 0 Å². The van der Waals surface area contributed by atoms with Gasteiger partial charge in [0.1, 0.15) is 0 Å². The normalized spacial score (nSPS) is 21.1. The van der Waals surface area contributed by atoms with E-state index in [1.54, 1.807) is 12.1 Å². The fourth-order valence-corrected chi connectivity index (χ4v) is 4.41. The zero-order valence-electron chi connectivity index (χ0n) is 11.6. The minimum Gasteiger partial charge on any atom is -0.389 e. The minimum absolute atomic E-state index is 0.117. The number of aliphatic hydroxyl groups is 1. The molecule has 0 amide bonds. The van der Waals surface area contributed by atoms with Crippen molar-refractivity contribution in [3.8, 4) is 0 Å². The molecular formula is C15H21NO3S. The standard InChI is InChI=1S/C15H21NO3S/c17-15(8-1-2-9-15)11-16-20(18,19)14-7-6-12-4-3-5-13(12)10-14/h6-7,10,16-17H,1-5,8-9,11H2. The molecule has 110 valence electrons. The minimum atomic E-state index is -3.52. The number of hydrogen-bond acceptors (Lipinski definition) is 3. The lowest BCUT2D eigenvalue weighted by Gasteiger charge is -2.22. The van der Waals surface area contributed by atoms with Crippen molar-refractivity contribution in [3.63, 3.8) is 0 Å². The fourth-order valence-electron chi connectivity index (χ4n) is 3.24. The second-order valence-electron chi connectivity index (χ2n) is 6.04. The van der Waals surface area contributed by atoms with Crippen molar-refractivity contribution in [1.82, 2.24) is 4.72 Å². The molecule has 5 heteroatoms. The Labute approximate surface area is 120 Å². The Morgan fingerprint density at radius 2 is 1.80 bits per heavy atom. The number of hydrogen-bond donors (Lipinski definition) is 2. The van der Waals surface area contributed by atoms with E-state index in [9.17, 15) is 13.5 Å². The molecule has 0 bridgehead atoms. The number of fused-ring (bicyclic) bond motifs is 1. The van der Waals surface area contributed by atoms with Crippen LogP contribution in [0.25, 0.3) is 0 Å². The summed E-state index contributed by atoms with van der Waals surface area (Å²) in [4.78, 5) is 0.319. The van der Waals surface area contributed by atoms with Gasteiger partial charge in [0.15, 0.2) is 0 Å². The molecule has 1 fully saturated rings. The SMILES string of the molecule is O=S(=O)(NCC1(O)CCCC1)c1ccc2c(c1)CCC2. The lowest BCUT2D eigenvalue weighted by atomic mass is 10.0. The third-order valence-corrected chi connectivity index (χ3v) is 5.90. The Balaban J connectivity index is 1.74. The van der Waals surface area contributed by atoms with Gasteiger partial charge in [0.2, 0.25) is 10.0 Å². The summed E-state index contributed by atoms with van der Waals surface area (Å²) >= 11 is 0. The summed E-state index contributed by atoms with van der Waals surface area (Å²) in [5.41, 5.74) is 1.55. The number of rotatable bonds is 4. The number of aryl methyl sites for hydroxylation is 2. The van der Waals surface area contributed by atoms with Gasteiger partial charge in [-0.3, -0.25) is 0 Å². The topological polar surface area (TPSA) is 66.4 Å². The van der Waals surface area contributed by atoms with Gasteiger partial charge in [-0.05, 0) is 55.4 Å². The number of nitrogens with one attached hydrogen (secondary N) is 1. The Kier molecular flexibility index (Phi) is 3.60. The Morgan fingerprint density at radius 3 is 2.55 bits per heavy atom. The molecule has 0 spiro atoms. The second-order valence-corrected chi connectivity index (χ2v) is 7.81. The monoisotopic (exact) mass is 295 g/mol. The van der Waals surface area contributed by atoms with Crippen LogP contribution in [0.15, 0.2) is 23.1 Å². The molecule has 2 aliphatic carbocycles. The second kappa shape index (κ2) is 5.13. The molecule has 2 aliphatic rings. The van der Waals surface area contributed by atoms with Crippen LogP contribution in [0, 0.1) is 0 Å². The molecule has 0 atom stereocenters. The summed E-state index contributed by atoms with van der Waals surface area (Å²) in [5, 5.41) is 10.2. The van der Waals surface area contributed by atoms with E-state index in [0.29, 0.717) is 17.7 Å². The molecular weight excluding hydrogens is 274 g/mol. The van der Waals surface area contributed by atoms with Crippen molar-refractivity contribution in [2.75, 3.05) is 6.54 Å². The first kappa shape index (κ1) is 14.0. The maximum absolute atomic E-state index is 12.3. The van der Waals surface area contributed by atoms with E-state index in [-0.39, 0.29) is 6.54 Å². The quantitative estimate of drug-likeness (QED) is 0.889. The molecule has 3 rings (SSSR count). The summed E-state index contributed by atoms with van der Waals surface area (Å²) in [5.74, 6) is 0. The van der Waals surface area contributed by atoms with Crippen LogP contribution >= 0.6 is 0 Å². The van der Waals surface area contributed by atoms with Crippen LogP contribution < -0.4 is 4.72 Å². The first-order valence-corrected chi connectivity index (χ1v) is 8.81. The highest BCUT2D eigenvalue weighted by atomic mass is 32.2. The maximum Gasteiger partial charge on any atom is 0.240 e. The van der Waals surface area contributed by atoms with Gasteiger partial charge in [0.05, 0.1) is 10.5 Å². The van der Waals surface area contributed by atoms with Gasteiger partial charge in [-0.15, -0.1) is 0 Å². The predicted octanol–water partition coefficient (Wildman–Crippen LogP) is 1.76. The lowest BCUT2D eigenvalue weighted by Crippen LogP contribution is -2.40. The molecule has 0 aromatic heterocycles. The molecule has 1 aromatic carbocycles. The van der Waals surface area contributed by atoms with Crippen LogP contribution in [-0.2, 0) is 22.9 Å². The first-order valence-electron chi connectivity index (χ1n) is 7.32. The highest BCUT2D eigenvalue weighted by molar-refractivity contribution is 7.89. The summed E-state index contributed by atoms with van der Waals surface area (Å²) in [6, 6.07) is 5.37. The van der Waals surface area contributed by atoms with Crippen molar-refractivity contribution in [1.29, 1.82) is 0 Å². The molecule has 0 radical (unpaired) electrons. The molecule has 2 N–H and O–H groups in total. The molecule has 0 unspecified atom stereocenters. The van der Waals surface area contributed by atoms with Crippen molar-refractivity contribution >= 4 is 10.0 Å². The van der Waals surface area contributed by atoms with Gasteiger partial charge in [-0.1, -0.05) is 18.9 Å². The van der Waals surface area contributed by atoms with Gasteiger partial charge < -0.3 is 5.11 Å². The van der Waals surface area contributed by atoms with E-state index < -0.39 is 15.6 Å². The molecule has 0 aliphatic heterocycles. The van der Waals surface area contributed by atoms with Crippen LogP contribution in [0.4, 0.5) is 0 Å². The zero-order chi connectivity index (χ0) is 14.2. The third-order valence-electron chi connectivity index (χ3n) is 4.51. The van der Waals surface area contributed by atoms with Gasteiger partial charge in [0, 0.05) is 6.54 Å². The van der Waals surface area contributed by atoms with Crippen LogP contribution in [0.2, 0.25) is 0 Å². The van der Waals surface area contributed by atoms with E-state index in [1.165, 1.54) is 5.56 Å². The van der Waals surface area contributed by atoms with E-state index in [0.717, 1.165) is 37.7 Å². The average Bonchev–Trinajstić information content (AvgIpc) is 3.05. The predicted molar refractivity (Wildman–Crippen MR) is 77.1 cm³/mol. The summed E-state index contributed by atoms with van der Waals surface area (Å²) < 4.78 is 27.2. The van der Waals surface area contributed by atoms with Gasteiger partial charge in [-0.2, -0.15) is 0 Å². The highest BCUT2D eigenvalue weighted by Gasteiger charge is 2.32. The van der Waals surface area contributed by atoms with Gasteiger partial charge in [-0.25, -0.2) is 13.1 Å². The molecule has 4 nitrogen and oxygen atoms in total. The van der Waals surface area contributed by atoms with Crippen LogP contribution in [0.1, 0.15) is 43.2 Å². The largest absolute Gasteiger partial charge is 0.389 e. The smallest absolute Gasteiger partial charge is 0.240 e. The van der Waals surface area contributed by atoms with Crippen molar-refractivity contribution in [2.24, 2.45) is 0 Å². The van der Waals surface area contributed by atoms with Crippen molar-refractivity contribution in [2.45, 2.75) is 55.4 Å². The van der Waals surface area contributed by atoms with E-state index in [2.05, 4.69) is 4.72 Å².